The second-order valence-electron chi connectivity index (χ2n) is 9.19. The fourth-order valence-corrected chi connectivity index (χ4v) is 6.03. The van der Waals surface area contributed by atoms with Gasteiger partial charge in [-0.3, -0.25) is 0 Å². The normalized spacial score (nSPS) is 15.5. The van der Waals surface area contributed by atoms with Crippen molar-refractivity contribution in [1.82, 2.24) is 9.97 Å². The summed E-state index contributed by atoms with van der Waals surface area (Å²) in [5.41, 5.74) is 3.69. The molecular formula is C28H28N5O2S+. The van der Waals surface area contributed by atoms with E-state index in [9.17, 15) is 13.7 Å². The van der Waals surface area contributed by atoms with Gasteiger partial charge in [-0.1, -0.05) is 60.2 Å². The molecule has 5 rings (SSSR count). The molecule has 0 spiro atoms. The van der Waals surface area contributed by atoms with Gasteiger partial charge in [0.2, 0.25) is 9.84 Å². The zero-order chi connectivity index (χ0) is 25.1. The van der Waals surface area contributed by atoms with Crippen molar-refractivity contribution < 1.29 is 13.3 Å². The lowest BCUT2D eigenvalue weighted by Crippen LogP contribution is -3.13. The van der Waals surface area contributed by atoms with Gasteiger partial charge in [-0.05, 0) is 31.2 Å². The number of nitrogens with zero attached hydrogens (tertiary/aromatic N) is 4. The Balaban J connectivity index is 1.49. The standard InChI is InChI=1S/C28H27N5O2S/c1-21-11-13-23(14-12-21)36(34,35)26(19-29)27-28(31-25-10-6-5-9-24(25)30-27)33-17-15-32(16-18-33)20-22-7-3-2-4-8-22/h2-14,26H,15-18,20H2,1H3/p+1/t26-/m1/s1. The fourth-order valence-electron chi connectivity index (χ4n) is 4.65. The summed E-state index contributed by atoms with van der Waals surface area (Å²) in [6, 6.07) is 26.4. The number of quaternary nitrogens is 1. The monoisotopic (exact) mass is 498 g/mol. The minimum Gasteiger partial charge on any atom is -0.344 e. The van der Waals surface area contributed by atoms with Gasteiger partial charge in [-0.25, -0.2) is 18.4 Å². The predicted octanol–water partition coefficient (Wildman–Crippen LogP) is 2.88. The number of sulfone groups is 1. The molecule has 2 heterocycles. The van der Waals surface area contributed by atoms with Crippen LogP contribution in [0.3, 0.4) is 0 Å². The van der Waals surface area contributed by atoms with Crippen LogP contribution in [0, 0.1) is 18.3 Å². The fraction of sp³-hybridized carbons (Fsp3) is 0.250. The smallest absolute Gasteiger partial charge is 0.200 e. The molecule has 0 amide bonds. The van der Waals surface area contributed by atoms with Gasteiger partial charge in [0.15, 0.2) is 11.1 Å². The number of benzene rings is 3. The molecule has 1 aliphatic heterocycles. The molecule has 1 saturated heterocycles. The Hall–Kier alpha value is -3.80. The van der Waals surface area contributed by atoms with E-state index in [-0.39, 0.29) is 10.6 Å². The Labute approximate surface area is 211 Å². The van der Waals surface area contributed by atoms with E-state index in [0.717, 1.165) is 25.2 Å². The summed E-state index contributed by atoms with van der Waals surface area (Å²) in [4.78, 5) is 13.2. The maximum Gasteiger partial charge on any atom is 0.200 e. The van der Waals surface area contributed by atoms with Gasteiger partial charge in [-0.2, -0.15) is 5.26 Å². The first kappa shape index (κ1) is 23.9. The number of fused-ring (bicyclic) bond motifs is 1. The van der Waals surface area contributed by atoms with Crippen molar-refractivity contribution in [3.63, 3.8) is 0 Å². The summed E-state index contributed by atoms with van der Waals surface area (Å²) in [5.74, 6) is 0.481. The van der Waals surface area contributed by atoms with Gasteiger partial charge in [0.05, 0.1) is 48.2 Å². The summed E-state index contributed by atoms with van der Waals surface area (Å²) in [6.45, 7) is 5.99. The second kappa shape index (κ2) is 10.1. The lowest BCUT2D eigenvalue weighted by molar-refractivity contribution is -0.914. The van der Waals surface area contributed by atoms with E-state index in [1.807, 2.05) is 37.3 Å². The number of hydrogen-bond donors (Lipinski definition) is 1. The zero-order valence-corrected chi connectivity index (χ0v) is 20.9. The SMILES string of the molecule is Cc1ccc(S(=O)(=O)[C@H](C#N)c2nc3ccccc3nc2N2CC[NH+](Cc3ccccc3)CC2)cc1. The van der Waals surface area contributed by atoms with Crippen LogP contribution in [-0.4, -0.2) is 44.6 Å². The molecule has 1 aromatic heterocycles. The van der Waals surface area contributed by atoms with Gasteiger partial charge >= 0.3 is 0 Å². The minimum atomic E-state index is -4.00. The van der Waals surface area contributed by atoms with Crippen molar-refractivity contribution in [2.24, 2.45) is 0 Å². The number of aryl methyl sites for hydroxylation is 1. The molecule has 0 aliphatic carbocycles. The van der Waals surface area contributed by atoms with Crippen LogP contribution in [0.1, 0.15) is 22.1 Å². The second-order valence-corrected chi connectivity index (χ2v) is 11.2. The van der Waals surface area contributed by atoms with Crippen molar-refractivity contribution in [2.75, 3.05) is 31.1 Å². The highest BCUT2D eigenvalue weighted by molar-refractivity contribution is 7.92. The maximum atomic E-state index is 13.6. The van der Waals surface area contributed by atoms with Crippen molar-refractivity contribution in [3.8, 4) is 6.07 Å². The molecule has 1 N–H and O–H groups in total. The first-order valence-electron chi connectivity index (χ1n) is 12.0. The molecule has 1 atom stereocenters. The number of rotatable bonds is 6. The molecule has 0 bridgehead atoms. The highest BCUT2D eigenvalue weighted by atomic mass is 32.2. The van der Waals surface area contributed by atoms with E-state index in [1.54, 1.807) is 30.3 Å². The number of hydrogen-bond acceptors (Lipinski definition) is 6. The third-order valence-electron chi connectivity index (χ3n) is 6.67. The molecule has 1 aliphatic rings. The molecule has 8 heteroatoms. The van der Waals surface area contributed by atoms with Crippen LogP contribution in [-0.2, 0) is 16.4 Å². The van der Waals surface area contributed by atoms with Gasteiger partial charge in [0, 0.05) is 5.56 Å². The topological polar surface area (TPSA) is 91.4 Å². The third-order valence-corrected chi connectivity index (χ3v) is 8.55. The zero-order valence-electron chi connectivity index (χ0n) is 20.1. The van der Waals surface area contributed by atoms with Crippen LogP contribution in [0.2, 0.25) is 0 Å². The van der Waals surface area contributed by atoms with E-state index in [2.05, 4.69) is 29.2 Å². The largest absolute Gasteiger partial charge is 0.344 e. The summed E-state index contributed by atoms with van der Waals surface area (Å²) in [7, 11) is -4.00. The molecule has 182 valence electrons. The predicted molar refractivity (Wildman–Crippen MR) is 139 cm³/mol. The Morgan fingerprint density at radius 2 is 1.53 bits per heavy atom. The van der Waals surface area contributed by atoms with Gasteiger partial charge in [-0.15, -0.1) is 0 Å². The molecule has 0 radical (unpaired) electrons. The highest BCUT2D eigenvalue weighted by Crippen LogP contribution is 2.34. The minimum absolute atomic E-state index is 0.109. The molecule has 36 heavy (non-hydrogen) atoms. The average molecular weight is 499 g/mol. The Kier molecular flexibility index (Phi) is 6.68. The Morgan fingerprint density at radius 3 is 2.17 bits per heavy atom. The lowest BCUT2D eigenvalue weighted by atomic mass is 10.2. The number of para-hydroxylation sites is 2. The molecule has 7 nitrogen and oxygen atoms in total. The summed E-state index contributed by atoms with van der Waals surface area (Å²) < 4.78 is 27.2. The van der Waals surface area contributed by atoms with Gasteiger partial charge < -0.3 is 9.80 Å². The molecule has 1 fully saturated rings. The van der Waals surface area contributed by atoms with E-state index in [1.165, 1.54) is 10.5 Å². The first-order chi connectivity index (χ1) is 17.5. The quantitative estimate of drug-likeness (QED) is 0.440. The van der Waals surface area contributed by atoms with E-state index < -0.39 is 15.1 Å². The van der Waals surface area contributed by atoms with Crippen LogP contribution in [0.4, 0.5) is 5.82 Å². The number of anilines is 1. The Morgan fingerprint density at radius 1 is 0.917 bits per heavy atom. The van der Waals surface area contributed by atoms with Crippen LogP contribution in [0.15, 0.2) is 83.8 Å². The van der Waals surface area contributed by atoms with Crippen molar-refractivity contribution in [2.45, 2.75) is 23.6 Å². The number of nitriles is 1. The van der Waals surface area contributed by atoms with Crippen molar-refractivity contribution in [1.29, 1.82) is 5.26 Å². The highest BCUT2D eigenvalue weighted by Gasteiger charge is 2.36. The van der Waals surface area contributed by atoms with Gasteiger partial charge in [0.25, 0.3) is 0 Å². The number of nitrogens with one attached hydrogen (secondary N) is 1. The molecule has 0 unspecified atom stereocenters. The molecular weight excluding hydrogens is 470 g/mol. The van der Waals surface area contributed by atoms with Crippen LogP contribution in [0.25, 0.3) is 11.0 Å². The van der Waals surface area contributed by atoms with Crippen LogP contribution >= 0.6 is 0 Å². The van der Waals surface area contributed by atoms with E-state index >= 15 is 0 Å². The molecule has 3 aromatic carbocycles. The summed E-state index contributed by atoms with van der Waals surface area (Å²) in [6.07, 6.45) is 0. The molecule has 0 saturated carbocycles. The lowest BCUT2D eigenvalue weighted by Gasteiger charge is -2.34. The van der Waals surface area contributed by atoms with Gasteiger partial charge in [0.1, 0.15) is 12.2 Å². The first-order valence-corrected chi connectivity index (χ1v) is 13.6. The van der Waals surface area contributed by atoms with Crippen LogP contribution in [0.5, 0.6) is 0 Å². The number of piperazine rings is 1. The number of aromatic nitrogens is 2. The van der Waals surface area contributed by atoms with Crippen molar-refractivity contribution in [3.05, 3.63) is 95.7 Å². The van der Waals surface area contributed by atoms with E-state index in [4.69, 9.17) is 9.97 Å². The maximum absolute atomic E-state index is 13.6. The molecule has 4 aromatic rings. The third kappa shape index (κ3) is 4.81. The summed E-state index contributed by atoms with van der Waals surface area (Å²) >= 11 is 0. The average Bonchev–Trinajstić information content (AvgIpc) is 2.90. The summed E-state index contributed by atoms with van der Waals surface area (Å²) in [5, 5.41) is 8.66. The van der Waals surface area contributed by atoms with Crippen molar-refractivity contribution >= 4 is 26.7 Å². The van der Waals surface area contributed by atoms with Crippen LogP contribution < -0.4 is 9.80 Å². The van der Waals surface area contributed by atoms with E-state index in [0.29, 0.717) is 29.9 Å². The Bertz CT molecular complexity index is 1510.